The third-order valence-corrected chi connectivity index (χ3v) is 5.71. The van der Waals surface area contributed by atoms with Gasteiger partial charge in [-0.3, -0.25) is 15.1 Å². The normalized spacial score (nSPS) is 23.5. The molecule has 2 aliphatic heterocycles. The van der Waals surface area contributed by atoms with E-state index in [0.717, 1.165) is 25.6 Å². The second kappa shape index (κ2) is 8.24. The molecule has 3 heterocycles. The lowest BCUT2D eigenvalue weighted by Crippen LogP contribution is -2.47. The second-order valence-corrected chi connectivity index (χ2v) is 7.46. The Morgan fingerprint density at radius 1 is 1.24 bits per heavy atom. The Hall–Kier alpha value is -2.25. The lowest BCUT2D eigenvalue weighted by molar-refractivity contribution is -0.131. The first-order chi connectivity index (χ1) is 13.4. The number of halogens is 3. The zero-order valence-electron chi connectivity index (χ0n) is 16.4. The Bertz CT molecular complexity index is 927. The smallest absolute Gasteiger partial charge is 0.242 e. The van der Waals surface area contributed by atoms with E-state index in [1.165, 1.54) is 18.2 Å². The highest BCUT2D eigenvalue weighted by Crippen LogP contribution is 2.39. The summed E-state index contributed by atoms with van der Waals surface area (Å²) in [4.78, 5) is 18.5. The Balaban J connectivity index is 0.00000240. The number of rotatable bonds is 4. The molecule has 2 aliphatic rings. The average molecular weight is 424 g/mol. The van der Waals surface area contributed by atoms with Crippen molar-refractivity contribution in [2.45, 2.75) is 37.8 Å². The van der Waals surface area contributed by atoms with Crippen LogP contribution in [0.4, 0.5) is 8.78 Å². The van der Waals surface area contributed by atoms with Crippen LogP contribution in [-0.2, 0) is 4.79 Å². The van der Waals surface area contributed by atoms with E-state index in [0.29, 0.717) is 24.5 Å². The summed E-state index contributed by atoms with van der Waals surface area (Å²) in [6, 6.07) is 5.69. The molecule has 2 saturated heterocycles. The number of carbonyl (C=O) groups excluding carboxylic acids is 1. The number of pyridine rings is 1. The number of ether oxygens (including phenoxy) is 1. The summed E-state index contributed by atoms with van der Waals surface area (Å²) in [5, 5.41) is 3.41. The van der Waals surface area contributed by atoms with Crippen LogP contribution in [-0.4, -0.2) is 41.5 Å². The minimum absolute atomic E-state index is 0. The molecule has 156 valence electrons. The quantitative estimate of drug-likeness (QED) is 0.811. The topological polar surface area (TPSA) is 54.5 Å². The van der Waals surface area contributed by atoms with Gasteiger partial charge in [-0.15, -0.1) is 12.4 Å². The standard InChI is InChI=1S/C21H23F2N3O2.ClH/c1-3-28-13-4-5-16(22)14(10-13)15-11-19(24-12-17(15)23)18-6-7-21(25-18)8-9-26(2)20(21)27;/h4-5,10-12,18,25H,3,6-9H2,1-2H3;1H/t18-,21-;/m1./s1. The molecule has 1 N–H and O–H groups in total. The van der Waals surface area contributed by atoms with Gasteiger partial charge >= 0.3 is 0 Å². The number of aromatic nitrogens is 1. The predicted molar refractivity (Wildman–Crippen MR) is 108 cm³/mol. The van der Waals surface area contributed by atoms with Gasteiger partial charge in [-0.2, -0.15) is 0 Å². The third kappa shape index (κ3) is 3.81. The summed E-state index contributed by atoms with van der Waals surface area (Å²) in [6.45, 7) is 2.99. The molecule has 5 nitrogen and oxygen atoms in total. The van der Waals surface area contributed by atoms with Crippen molar-refractivity contribution in [3.05, 3.63) is 47.8 Å². The number of hydrogen-bond acceptors (Lipinski definition) is 4. The molecular weight excluding hydrogens is 400 g/mol. The van der Waals surface area contributed by atoms with Crippen LogP contribution in [0.25, 0.3) is 11.1 Å². The first kappa shape index (κ1) is 21.5. The van der Waals surface area contributed by atoms with Crippen LogP contribution < -0.4 is 10.1 Å². The van der Waals surface area contributed by atoms with Crippen LogP contribution in [0.5, 0.6) is 5.75 Å². The van der Waals surface area contributed by atoms with E-state index < -0.39 is 17.2 Å². The largest absolute Gasteiger partial charge is 0.494 e. The third-order valence-electron chi connectivity index (χ3n) is 5.71. The van der Waals surface area contributed by atoms with Crippen LogP contribution in [0.2, 0.25) is 0 Å². The fourth-order valence-corrected chi connectivity index (χ4v) is 4.21. The fraction of sp³-hybridized carbons (Fsp3) is 0.429. The number of likely N-dealkylation sites (N-methyl/N-ethyl adjacent to an activating group) is 1. The van der Waals surface area contributed by atoms with E-state index in [9.17, 15) is 13.6 Å². The second-order valence-electron chi connectivity index (χ2n) is 7.46. The molecule has 4 rings (SSSR count). The molecule has 8 heteroatoms. The summed E-state index contributed by atoms with van der Waals surface area (Å²) in [5.74, 6) is -0.550. The fourth-order valence-electron chi connectivity index (χ4n) is 4.21. The molecule has 0 bridgehead atoms. The predicted octanol–water partition coefficient (Wildman–Crippen LogP) is 3.87. The monoisotopic (exact) mass is 423 g/mol. The average Bonchev–Trinajstić information content (AvgIpc) is 3.24. The van der Waals surface area contributed by atoms with Crippen molar-refractivity contribution < 1.29 is 18.3 Å². The van der Waals surface area contributed by atoms with Gasteiger partial charge in [0.2, 0.25) is 5.91 Å². The van der Waals surface area contributed by atoms with Crippen molar-refractivity contribution in [2.75, 3.05) is 20.2 Å². The summed E-state index contributed by atoms with van der Waals surface area (Å²) >= 11 is 0. The van der Waals surface area contributed by atoms with Gasteiger partial charge in [0.15, 0.2) is 0 Å². The molecular formula is C21H24ClF2N3O2. The number of amides is 1. The number of benzene rings is 1. The van der Waals surface area contributed by atoms with Crippen molar-refractivity contribution in [1.29, 1.82) is 0 Å². The number of hydrogen-bond donors (Lipinski definition) is 1. The van der Waals surface area contributed by atoms with Gasteiger partial charge < -0.3 is 9.64 Å². The van der Waals surface area contributed by atoms with E-state index in [-0.39, 0.29) is 35.5 Å². The molecule has 0 saturated carbocycles. The van der Waals surface area contributed by atoms with Gasteiger partial charge in [-0.05, 0) is 50.5 Å². The first-order valence-corrected chi connectivity index (χ1v) is 9.55. The Labute approximate surface area is 174 Å². The van der Waals surface area contributed by atoms with Crippen LogP contribution in [0.3, 0.4) is 0 Å². The first-order valence-electron chi connectivity index (χ1n) is 9.55. The van der Waals surface area contributed by atoms with E-state index >= 15 is 0 Å². The number of likely N-dealkylation sites (tertiary alicyclic amines) is 1. The van der Waals surface area contributed by atoms with Gasteiger partial charge in [0.1, 0.15) is 22.9 Å². The summed E-state index contributed by atoms with van der Waals surface area (Å²) in [7, 11) is 1.80. The van der Waals surface area contributed by atoms with Crippen LogP contribution >= 0.6 is 12.4 Å². The summed E-state index contributed by atoms with van der Waals surface area (Å²) in [5.41, 5.74) is 0.325. The lowest BCUT2D eigenvalue weighted by Gasteiger charge is -2.23. The van der Waals surface area contributed by atoms with Crippen LogP contribution in [0.15, 0.2) is 30.5 Å². The molecule has 2 fully saturated rings. The van der Waals surface area contributed by atoms with Gasteiger partial charge in [-0.25, -0.2) is 8.78 Å². The maximum atomic E-state index is 14.5. The van der Waals surface area contributed by atoms with Gasteiger partial charge in [0.25, 0.3) is 0 Å². The molecule has 2 aromatic rings. The van der Waals surface area contributed by atoms with Crippen molar-refractivity contribution in [2.24, 2.45) is 0 Å². The Morgan fingerprint density at radius 2 is 2.00 bits per heavy atom. The minimum Gasteiger partial charge on any atom is -0.494 e. The molecule has 0 unspecified atom stereocenters. The molecule has 1 aromatic heterocycles. The zero-order chi connectivity index (χ0) is 19.9. The van der Waals surface area contributed by atoms with Crippen molar-refractivity contribution in [3.8, 4) is 16.9 Å². The van der Waals surface area contributed by atoms with Gasteiger partial charge in [0, 0.05) is 24.7 Å². The molecule has 0 radical (unpaired) electrons. The van der Waals surface area contributed by atoms with E-state index in [1.807, 2.05) is 6.92 Å². The molecule has 2 atom stereocenters. The maximum Gasteiger partial charge on any atom is 0.242 e. The highest BCUT2D eigenvalue weighted by Gasteiger charge is 2.50. The van der Waals surface area contributed by atoms with E-state index in [2.05, 4.69) is 10.3 Å². The Kier molecular flexibility index (Phi) is 6.10. The van der Waals surface area contributed by atoms with E-state index in [4.69, 9.17) is 4.74 Å². The molecule has 0 aliphatic carbocycles. The van der Waals surface area contributed by atoms with Crippen LogP contribution in [0, 0.1) is 11.6 Å². The molecule has 1 aromatic carbocycles. The minimum atomic E-state index is -0.597. The van der Waals surface area contributed by atoms with Gasteiger partial charge in [-0.1, -0.05) is 0 Å². The number of carbonyl (C=O) groups is 1. The summed E-state index contributed by atoms with van der Waals surface area (Å²) in [6.07, 6.45) is 3.30. The zero-order valence-corrected chi connectivity index (χ0v) is 17.2. The number of nitrogens with one attached hydrogen (secondary N) is 1. The molecule has 1 amide bonds. The maximum absolute atomic E-state index is 14.5. The SMILES string of the molecule is CCOc1ccc(F)c(-c2cc([C@H]3CC[C@]4(CCN(C)C4=O)N3)ncc2F)c1.Cl. The highest BCUT2D eigenvalue weighted by molar-refractivity contribution is 5.88. The summed E-state index contributed by atoms with van der Waals surface area (Å²) < 4.78 is 34.3. The van der Waals surface area contributed by atoms with Crippen molar-refractivity contribution >= 4 is 18.3 Å². The lowest BCUT2D eigenvalue weighted by atomic mass is 9.96. The van der Waals surface area contributed by atoms with Crippen LogP contribution in [0.1, 0.15) is 37.9 Å². The van der Waals surface area contributed by atoms with Crippen molar-refractivity contribution in [1.82, 2.24) is 15.2 Å². The van der Waals surface area contributed by atoms with Gasteiger partial charge in [0.05, 0.1) is 24.5 Å². The molecule has 29 heavy (non-hydrogen) atoms. The number of nitrogens with zero attached hydrogens (tertiary/aromatic N) is 2. The Morgan fingerprint density at radius 3 is 2.69 bits per heavy atom. The van der Waals surface area contributed by atoms with Crippen molar-refractivity contribution in [3.63, 3.8) is 0 Å². The van der Waals surface area contributed by atoms with E-state index in [1.54, 1.807) is 18.0 Å². The molecule has 1 spiro atoms. The highest BCUT2D eigenvalue weighted by atomic mass is 35.5.